The summed E-state index contributed by atoms with van der Waals surface area (Å²) in [7, 11) is 1.25. The SMILES string of the molecule is CCCCCCCCCCCCCC[C@@H](O)[C@@H](O)[C@H](CO[C@H]1OC(CO)[C@H](O)[C@H](O)C1O)NC(=O)CCCCCCCCCCCNC(=O)CCCCCCCCCCCBr.CCCCCCCCCCCCCC[C@@H](OCc1ccccc1)[C@@H](OCc1ccccc1)[C@H](CO[C@H]1OC(COCc2ccccc2)[C@H](C)[C@H](C)C1C)NC(=O)CCCCCCCCCCCNC(=O)OCc1ccccc1.O=C(O)CBr.[2H]C.[3H]CC. The number of ether oxygens (including phenoxy) is 8. The van der Waals surface area contributed by atoms with Crippen LogP contribution in [-0.2, 0) is 83.5 Å². The fraction of sp³-hybridized carbons (Fsp3) is 0.760. The van der Waals surface area contributed by atoms with Crippen LogP contribution in [0.4, 0.5) is 4.79 Å². The number of nitrogens with one attached hydrogen (secondary N) is 4. The van der Waals surface area contributed by atoms with Gasteiger partial charge in [-0.15, -0.1) is 0 Å². The monoisotopic (exact) mass is 2200 g/mol. The fourth-order valence-corrected chi connectivity index (χ4v) is 19.1. The standard InChI is InChI=1S/C68H102N2O8.C48H93BrN2O10.C2H3BrO2.C2H6.CH4/c1-5-6-7-8-9-10-11-12-14-17-20-35-46-63(74-50-59-40-29-24-30-41-59)66(75-51-60-42-31-25-32-43-60)62(53-76-67-57(4)55(2)56(3)64(78-67)54-73-49-58-38-27-23-28-39-58)70-65(71)47-36-21-18-15-13-16-19-22-37-48-69-68(72)77-52-61-44-33-26-34-45-61;1-2-3-4-5-6-7-8-9-12-17-22-27-32-40(53)44(56)39(38-60-48-47(59)46(58)45(57)41(37-52)61-48)51-43(55)34-29-24-19-14-11-16-21-26-31-36-50-42(54)33-28-23-18-13-10-15-20-25-30-35-49;3-1-2(4)5;1-2;/h23-34,38-45,55-57,62-64,66-67H,5-22,35-37,46-54H2,1-4H3,(H,69,72)(H,70,71);39-41,44-48,52-53,56-59H,2-38H2,1H3,(H,50,54)(H,51,55);1H2,(H,4,5);1-2H3;1H4/t55-,56+,57?,62-,63+,64?,66-,67-;39-,40+,41?,44-,45-,46-,47?,48-;;;/m00.../s1/i;;;1T;1D. The van der Waals surface area contributed by atoms with Gasteiger partial charge in [-0.1, -0.05) is 498 Å². The number of hydrogen-bond donors (Lipinski definition) is 11. The third-order valence-corrected chi connectivity index (χ3v) is 29.3. The third kappa shape index (κ3) is 70.5. The van der Waals surface area contributed by atoms with Crippen LogP contribution >= 0.6 is 31.9 Å². The van der Waals surface area contributed by atoms with Crippen molar-refractivity contribution in [2.75, 3.05) is 50.2 Å². The number of benzene rings is 4. The van der Waals surface area contributed by atoms with Gasteiger partial charge in [0, 0.05) is 46.3 Å². The van der Waals surface area contributed by atoms with Crippen LogP contribution in [0.25, 0.3) is 0 Å². The van der Waals surface area contributed by atoms with E-state index in [-0.39, 0.29) is 79.4 Å². The van der Waals surface area contributed by atoms with E-state index in [2.05, 4.69) is 136 Å². The van der Waals surface area contributed by atoms with Gasteiger partial charge in [-0.3, -0.25) is 19.2 Å². The molecule has 4 aromatic carbocycles. The molecule has 2 aliphatic rings. The second kappa shape index (κ2) is 95.1. The molecule has 4 aromatic rings. The third-order valence-electron chi connectivity index (χ3n) is 28.3. The largest absolute Gasteiger partial charge is 0.481 e. The minimum atomic E-state index is -1.62. The first-order valence-corrected chi connectivity index (χ1v) is 59.8. The van der Waals surface area contributed by atoms with Crippen molar-refractivity contribution in [2.45, 2.75) is 521 Å². The van der Waals surface area contributed by atoms with Crippen LogP contribution in [0.3, 0.4) is 0 Å². The van der Waals surface area contributed by atoms with Crippen molar-refractivity contribution in [3.8, 4) is 0 Å². The van der Waals surface area contributed by atoms with Crippen LogP contribution in [-0.4, -0.2) is 195 Å². The summed E-state index contributed by atoms with van der Waals surface area (Å²) in [6.07, 6.45) is 50.5. The summed E-state index contributed by atoms with van der Waals surface area (Å²) >= 11 is 6.20. The minimum Gasteiger partial charge on any atom is -0.481 e. The molecule has 11 N–H and O–H groups in total. The lowest BCUT2D eigenvalue weighted by molar-refractivity contribution is -0.303. The van der Waals surface area contributed by atoms with Gasteiger partial charge in [-0.25, -0.2) is 4.79 Å². The van der Waals surface area contributed by atoms with Gasteiger partial charge in [0.15, 0.2) is 12.6 Å². The van der Waals surface area contributed by atoms with Crippen molar-refractivity contribution in [3.05, 3.63) is 144 Å². The van der Waals surface area contributed by atoms with Crippen LogP contribution in [0.15, 0.2) is 121 Å². The summed E-state index contributed by atoms with van der Waals surface area (Å²) in [5, 5.41) is 83.5. The number of aliphatic hydroxyl groups is 6. The fourth-order valence-electron chi connectivity index (χ4n) is 18.7. The first-order valence-electron chi connectivity index (χ1n) is 59.3. The molecule has 0 saturated carbocycles. The Balaban J connectivity index is 0.000000948. The number of hydrogen-bond acceptors (Lipinski definition) is 19. The number of alkyl halides is 2. The highest BCUT2D eigenvalue weighted by molar-refractivity contribution is 9.09. The molecule has 2 saturated heterocycles. The predicted octanol–water partition coefficient (Wildman–Crippen LogP) is 27.0. The molecule has 0 radical (unpaired) electrons. The van der Waals surface area contributed by atoms with Gasteiger partial charge in [0.25, 0.3) is 0 Å². The number of alkyl carbamates (subject to hydrolysis) is 1. The van der Waals surface area contributed by atoms with Crippen molar-refractivity contribution >= 4 is 61.6 Å². The molecule has 4 amide bonds. The first kappa shape index (κ1) is 134. The summed E-state index contributed by atoms with van der Waals surface area (Å²) < 4.78 is 62.5. The van der Waals surface area contributed by atoms with Crippen molar-refractivity contribution in [3.63, 3.8) is 0 Å². The van der Waals surface area contributed by atoms with Crippen molar-refractivity contribution in [2.24, 2.45) is 17.8 Å². The zero-order valence-corrected chi connectivity index (χ0v) is 95.4. The maximum absolute atomic E-state index is 14.3. The first-order chi connectivity index (χ1) is 72.6. The van der Waals surface area contributed by atoms with E-state index >= 15 is 0 Å². The Bertz CT molecular complexity index is 3690. The second-order valence-electron chi connectivity index (χ2n) is 40.7. The molecule has 0 aromatic heterocycles. The Morgan fingerprint density at radius 1 is 0.415 bits per heavy atom. The number of unbranched alkanes of at least 4 members (excludes halogenated alkanes) is 46. The number of carbonyl (C=O) groups excluding carboxylic acids is 4. The van der Waals surface area contributed by atoms with Crippen molar-refractivity contribution in [1.29, 1.82) is 0 Å². The summed E-state index contributed by atoms with van der Waals surface area (Å²) in [6.45, 7) is 16.4. The van der Waals surface area contributed by atoms with E-state index in [0.717, 1.165) is 188 Å². The van der Waals surface area contributed by atoms with Gasteiger partial charge in [0.2, 0.25) is 17.7 Å². The molecule has 16 atom stereocenters. The molecule has 2 aliphatic heterocycles. The number of amides is 4. The summed E-state index contributed by atoms with van der Waals surface area (Å²) in [4.78, 5) is 60.8. The summed E-state index contributed by atoms with van der Waals surface area (Å²) in [5.41, 5.74) is 4.29. The molecular formula is C121H208Br2N4O20. The quantitative estimate of drug-likeness (QED) is 0.0144. The van der Waals surface area contributed by atoms with Crippen molar-refractivity contribution < 1.29 is 100 Å². The molecule has 0 aliphatic carbocycles. The van der Waals surface area contributed by atoms with Gasteiger partial charge in [-0.2, -0.15) is 0 Å². The highest BCUT2D eigenvalue weighted by Crippen LogP contribution is 2.37. The lowest BCUT2D eigenvalue weighted by Crippen LogP contribution is -2.60. The van der Waals surface area contributed by atoms with E-state index in [1.807, 2.05) is 72.8 Å². The summed E-state index contributed by atoms with van der Waals surface area (Å²) in [6, 6.07) is 39.2. The van der Waals surface area contributed by atoms with Crippen LogP contribution in [0, 0.1) is 17.8 Å². The number of carbonyl (C=O) groups is 5. The number of aliphatic carboxylic acids is 1. The van der Waals surface area contributed by atoms with E-state index in [4.69, 9.17) is 45.7 Å². The Morgan fingerprint density at radius 2 is 0.762 bits per heavy atom. The zero-order chi connectivity index (χ0) is 109. The molecular weight excluding hydrogens is 1990 g/mol. The molecule has 2 heterocycles. The Labute approximate surface area is 910 Å². The molecule has 4 unspecified atom stereocenters. The molecule has 24 nitrogen and oxygen atoms in total. The normalized spacial score (nSPS) is 18.8. The zero-order valence-electron chi connectivity index (χ0n) is 94.3. The Kier molecular flexibility index (Phi) is 86.6. The van der Waals surface area contributed by atoms with Crippen molar-refractivity contribution in [1.82, 2.24) is 21.3 Å². The lowest BCUT2D eigenvalue weighted by atomic mass is 9.79. The van der Waals surface area contributed by atoms with Crippen LogP contribution in [0.5, 0.6) is 0 Å². The average Bonchev–Trinajstić information content (AvgIpc) is 0.813. The minimum absolute atomic E-state index is 0.00781. The number of aliphatic hydroxyl groups excluding tert-OH is 6. The topological polar surface area (TPSA) is 349 Å². The van der Waals surface area contributed by atoms with Gasteiger partial charge < -0.3 is 94.9 Å². The number of halogens is 2. The molecule has 0 spiro atoms. The molecule has 6 rings (SSSR count). The Hall–Kier alpha value is -5.53. The van der Waals surface area contributed by atoms with E-state index in [1.54, 1.807) is 6.92 Å². The van der Waals surface area contributed by atoms with Gasteiger partial charge in [0.1, 0.15) is 48.6 Å². The van der Waals surface area contributed by atoms with E-state index < -0.39 is 80.0 Å². The van der Waals surface area contributed by atoms with E-state index in [9.17, 15) is 54.6 Å². The van der Waals surface area contributed by atoms with Gasteiger partial charge in [-0.05, 0) is 85.5 Å². The van der Waals surface area contributed by atoms with Crippen LogP contribution in [0.2, 0.25) is 0 Å². The molecule has 26 heteroatoms. The van der Waals surface area contributed by atoms with Gasteiger partial charge in [0.05, 0.1) is 76.6 Å². The molecule has 147 heavy (non-hydrogen) atoms. The number of carboxylic acid groups (broad SMARTS) is 1. The maximum atomic E-state index is 14.3. The molecule has 0 bridgehead atoms. The van der Waals surface area contributed by atoms with Crippen LogP contribution in [0.1, 0.15) is 440 Å². The molecule has 2 fully saturated rings. The van der Waals surface area contributed by atoms with Gasteiger partial charge >= 0.3 is 12.1 Å². The molecule has 846 valence electrons. The predicted molar refractivity (Wildman–Crippen MR) is 605 cm³/mol. The second-order valence-corrected chi connectivity index (χ2v) is 42.0. The maximum Gasteiger partial charge on any atom is 0.407 e. The number of rotatable bonds is 87. The average molecular weight is 2200 g/mol. The summed E-state index contributed by atoms with van der Waals surface area (Å²) in [5.74, 6) is -0.206. The van der Waals surface area contributed by atoms with E-state index in [0.29, 0.717) is 71.5 Å². The Morgan fingerprint density at radius 3 is 1.18 bits per heavy atom. The number of carboxylic acids is 1. The smallest absolute Gasteiger partial charge is 0.407 e. The highest BCUT2D eigenvalue weighted by Gasteiger charge is 2.46. The van der Waals surface area contributed by atoms with E-state index in [1.165, 1.54) is 181 Å². The lowest BCUT2D eigenvalue weighted by Gasteiger charge is -2.44. The highest BCUT2D eigenvalue weighted by atomic mass is 79.9. The van der Waals surface area contributed by atoms with Crippen LogP contribution < -0.4 is 21.3 Å².